The first-order valence-corrected chi connectivity index (χ1v) is 7.99. The number of rotatable bonds is 3. The predicted molar refractivity (Wildman–Crippen MR) is 88.5 cm³/mol. The molecule has 1 fully saturated rings. The molecule has 0 bridgehead atoms. The zero-order valence-electron chi connectivity index (χ0n) is 13.9. The second-order valence-electron chi connectivity index (χ2n) is 6.88. The Balaban J connectivity index is 2.04. The Bertz CT molecular complexity index is 502. The highest BCUT2D eigenvalue weighted by Gasteiger charge is 2.28. The summed E-state index contributed by atoms with van der Waals surface area (Å²) >= 11 is 0. The van der Waals surface area contributed by atoms with Gasteiger partial charge in [0.05, 0.1) is 6.04 Å². The minimum absolute atomic E-state index is 0.0740. The molecule has 1 amide bonds. The maximum absolute atomic E-state index is 12.5. The van der Waals surface area contributed by atoms with Gasteiger partial charge in [-0.2, -0.15) is 0 Å². The van der Waals surface area contributed by atoms with Crippen molar-refractivity contribution < 1.29 is 4.79 Å². The molecule has 0 spiro atoms. The van der Waals surface area contributed by atoms with E-state index in [0.717, 1.165) is 24.3 Å². The van der Waals surface area contributed by atoms with E-state index in [4.69, 9.17) is 0 Å². The lowest BCUT2D eigenvalue weighted by atomic mass is 9.91. The van der Waals surface area contributed by atoms with E-state index < -0.39 is 0 Å². The Hall–Kier alpha value is -1.35. The van der Waals surface area contributed by atoms with Gasteiger partial charge in [0.1, 0.15) is 0 Å². The molecular weight excluding hydrogens is 260 g/mol. The van der Waals surface area contributed by atoms with E-state index in [-0.39, 0.29) is 11.9 Å². The number of nitrogens with zero attached hydrogens (tertiary/aromatic N) is 1. The number of anilines is 1. The van der Waals surface area contributed by atoms with Crippen molar-refractivity contribution in [2.75, 3.05) is 18.4 Å². The molecule has 21 heavy (non-hydrogen) atoms. The van der Waals surface area contributed by atoms with Crippen LogP contribution in [-0.4, -0.2) is 29.9 Å². The van der Waals surface area contributed by atoms with Gasteiger partial charge in [-0.25, -0.2) is 0 Å². The van der Waals surface area contributed by atoms with Crippen molar-refractivity contribution in [3.8, 4) is 0 Å². The van der Waals surface area contributed by atoms with Gasteiger partial charge in [0, 0.05) is 18.8 Å². The molecule has 1 heterocycles. The average Bonchev–Trinajstić information content (AvgIpc) is 2.41. The van der Waals surface area contributed by atoms with Crippen LogP contribution in [0.25, 0.3) is 0 Å². The van der Waals surface area contributed by atoms with Crippen LogP contribution in [0.4, 0.5) is 5.69 Å². The number of piperidine rings is 1. The van der Waals surface area contributed by atoms with Gasteiger partial charge in [-0.05, 0) is 56.2 Å². The van der Waals surface area contributed by atoms with E-state index in [9.17, 15) is 4.79 Å². The van der Waals surface area contributed by atoms with E-state index in [2.05, 4.69) is 36.2 Å². The largest absolute Gasteiger partial charge is 0.324 e. The fourth-order valence-corrected chi connectivity index (χ4v) is 3.30. The van der Waals surface area contributed by atoms with Gasteiger partial charge in [-0.1, -0.05) is 26.0 Å². The van der Waals surface area contributed by atoms with Gasteiger partial charge in [0.15, 0.2) is 0 Å². The molecule has 3 heteroatoms. The average molecular weight is 288 g/mol. The normalized spacial score (nSPS) is 24.6. The standard InChI is InChI=1S/C18H28N2O/c1-12-6-7-15(4)17(9-12)19-18(21)16(5)20-10-13(2)8-14(3)11-20/h6-7,9,13-14,16H,8,10-11H2,1-5H3,(H,19,21)/t13-,14-,16+/m0/s1. The van der Waals surface area contributed by atoms with Crippen LogP contribution in [0.15, 0.2) is 18.2 Å². The minimum atomic E-state index is -0.0740. The first kappa shape index (κ1) is 16.0. The second-order valence-corrected chi connectivity index (χ2v) is 6.88. The Morgan fingerprint density at radius 3 is 2.48 bits per heavy atom. The molecule has 1 saturated heterocycles. The van der Waals surface area contributed by atoms with E-state index in [1.165, 1.54) is 12.0 Å². The van der Waals surface area contributed by atoms with Crippen molar-refractivity contribution in [1.29, 1.82) is 0 Å². The number of aryl methyl sites for hydroxylation is 2. The molecule has 0 unspecified atom stereocenters. The molecule has 3 atom stereocenters. The molecule has 3 nitrogen and oxygen atoms in total. The van der Waals surface area contributed by atoms with Crippen LogP contribution in [-0.2, 0) is 4.79 Å². The van der Waals surface area contributed by atoms with Crippen molar-refractivity contribution in [2.45, 2.75) is 47.1 Å². The molecule has 0 saturated carbocycles. The Morgan fingerprint density at radius 1 is 1.24 bits per heavy atom. The quantitative estimate of drug-likeness (QED) is 0.921. The fraction of sp³-hybridized carbons (Fsp3) is 0.611. The third kappa shape index (κ3) is 4.07. The van der Waals surface area contributed by atoms with Crippen LogP contribution in [0.1, 0.15) is 38.3 Å². The van der Waals surface area contributed by atoms with Gasteiger partial charge >= 0.3 is 0 Å². The van der Waals surface area contributed by atoms with E-state index in [1.54, 1.807) is 0 Å². The number of likely N-dealkylation sites (tertiary alicyclic amines) is 1. The predicted octanol–water partition coefficient (Wildman–Crippen LogP) is 3.61. The summed E-state index contributed by atoms with van der Waals surface area (Å²) in [6.07, 6.45) is 1.27. The van der Waals surface area contributed by atoms with Gasteiger partial charge < -0.3 is 5.32 Å². The maximum Gasteiger partial charge on any atom is 0.241 e. The molecule has 116 valence electrons. The summed E-state index contributed by atoms with van der Waals surface area (Å²) in [5.41, 5.74) is 3.22. The van der Waals surface area contributed by atoms with Crippen molar-refractivity contribution in [3.05, 3.63) is 29.3 Å². The Labute approximate surface area is 128 Å². The molecule has 0 radical (unpaired) electrons. The number of hydrogen-bond acceptors (Lipinski definition) is 2. The van der Waals surface area contributed by atoms with Crippen LogP contribution in [0.2, 0.25) is 0 Å². The van der Waals surface area contributed by atoms with Crippen LogP contribution in [0.3, 0.4) is 0 Å². The zero-order valence-corrected chi connectivity index (χ0v) is 13.9. The van der Waals surface area contributed by atoms with Crippen molar-refractivity contribution in [3.63, 3.8) is 0 Å². The van der Waals surface area contributed by atoms with Gasteiger partial charge in [-0.3, -0.25) is 9.69 Å². The number of benzene rings is 1. The first-order chi connectivity index (χ1) is 9.86. The first-order valence-electron chi connectivity index (χ1n) is 7.99. The third-order valence-corrected chi connectivity index (χ3v) is 4.48. The molecular formula is C18H28N2O. The highest BCUT2D eigenvalue weighted by Crippen LogP contribution is 2.23. The molecule has 0 aromatic heterocycles. The van der Waals surface area contributed by atoms with Crippen molar-refractivity contribution >= 4 is 11.6 Å². The summed E-state index contributed by atoms with van der Waals surface area (Å²) in [7, 11) is 0. The number of hydrogen-bond donors (Lipinski definition) is 1. The van der Waals surface area contributed by atoms with Crippen LogP contribution in [0.5, 0.6) is 0 Å². The SMILES string of the molecule is Cc1ccc(C)c(NC(=O)[C@@H](C)N2C[C@@H](C)C[C@H](C)C2)c1. The third-order valence-electron chi connectivity index (χ3n) is 4.48. The molecule has 1 aliphatic rings. The van der Waals surface area contributed by atoms with Crippen molar-refractivity contribution in [1.82, 2.24) is 4.90 Å². The lowest BCUT2D eigenvalue weighted by Crippen LogP contribution is -2.48. The number of nitrogens with one attached hydrogen (secondary N) is 1. The highest BCUT2D eigenvalue weighted by atomic mass is 16.2. The Morgan fingerprint density at radius 2 is 1.86 bits per heavy atom. The number of carbonyl (C=O) groups is 1. The summed E-state index contributed by atoms with van der Waals surface area (Å²) in [4.78, 5) is 14.9. The summed E-state index contributed by atoms with van der Waals surface area (Å²) in [6, 6.07) is 6.10. The Kier molecular flexibility index (Phi) is 5.04. The topological polar surface area (TPSA) is 32.3 Å². The molecule has 0 aliphatic carbocycles. The summed E-state index contributed by atoms with van der Waals surface area (Å²) in [5.74, 6) is 1.44. The summed E-state index contributed by atoms with van der Waals surface area (Å²) in [6.45, 7) is 12.7. The molecule has 1 aromatic rings. The monoisotopic (exact) mass is 288 g/mol. The van der Waals surface area contributed by atoms with Crippen LogP contribution in [0, 0.1) is 25.7 Å². The second kappa shape index (κ2) is 6.61. The highest BCUT2D eigenvalue weighted by molar-refractivity contribution is 5.95. The minimum Gasteiger partial charge on any atom is -0.324 e. The summed E-state index contributed by atoms with van der Waals surface area (Å²) < 4.78 is 0. The van der Waals surface area contributed by atoms with Gasteiger partial charge in [-0.15, -0.1) is 0 Å². The lowest BCUT2D eigenvalue weighted by Gasteiger charge is -2.38. The number of amides is 1. The van der Waals surface area contributed by atoms with Crippen LogP contribution < -0.4 is 5.32 Å². The van der Waals surface area contributed by atoms with E-state index >= 15 is 0 Å². The summed E-state index contributed by atoms with van der Waals surface area (Å²) in [5, 5.41) is 3.10. The fourth-order valence-electron chi connectivity index (χ4n) is 3.30. The zero-order chi connectivity index (χ0) is 15.6. The van der Waals surface area contributed by atoms with E-state index in [1.807, 2.05) is 26.8 Å². The van der Waals surface area contributed by atoms with E-state index in [0.29, 0.717) is 11.8 Å². The molecule has 2 rings (SSSR count). The van der Waals surface area contributed by atoms with Gasteiger partial charge in [0.25, 0.3) is 0 Å². The maximum atomic E-state index is 12.5. The van der Waals surface area contributed by atoms with Gasteiger partial charge in [0.2, 0.25) is 5.91 Å². The smallest absolute Gasteiger partial charge is 0.241 e. The molecule has 1 N–H and O–H groups in total. The number of carbonyl (C=O) groups excluding carboxylic acids is 1. The lowest BCUT2D eigenvalue weighted by molar-refractivity contribution is -0.121. The van der Waals surface area contributed by atoms with Crippen LogP contribution >= 0.6 is 0 Å². The molecule has 1 aromatic carbocycles. The molecule has 1 aliphatic heterocycles. The van der Waals surface area contributed by atoms with Crippen molar-refractivity contribution in [2.24, 2.45) is 11.8 Å².